The molecule has 0 amide bonds. The molecule has 9 heteroatoms. The van der Waals surface area contributed by atoms with Crippen LogP contribution in [0.1, 0.15) is 61.1 Å². The zero-order chi connectivity index (χ0) is 27.7. The molecule has 1 atom stereocenters. The van der Waals surface area contributed by atoms with Crippen LogP contribution in [-0.2, 0) is 27.4 Å². The molecule has 1 aromatic heterocycles. The zero-order valence-electron chi connectivity index (χ0n) is 22.6. The summed E-state index contributed by atoms with van der Waals surface area (Å²) in [5.41, 5.74) is 1.81. The number of carbonyl (C=O) groups is 2. The highest BCUT2D eigenvalue weighted by Gasteiger charge is 2.33. The van der Waals surface area contributed by atoms with Crippen LogP contribution in [0.3, 0.4) is 0 Å². The van der Waals surface area contributed by atoms with E-state index in [1.807, 2.05) is 27.7 Å². The van der Waals surface area contributed by atoms with E-state index in [0.717, 1.165) is 25.9 Å². The van der Waals surface area contributed by atoms with Gasteiger partial charge in [0.15, 0.2) is 0 Å². The minimum atomic E-state index is -0.729. The van der Waals surface area contributed by atoms with Gasteiger partial charge in [0.05, 0.1) is 23.2 Å². The van der Waals surface area contributed by atoms with Gasteiger partial charge in [0.2, 0.25) is 5.43 Å². The first-order valence-electron chi connectivity index (χ1n) is 13.5. The zero-order valence-corrected chi connectivity index (χ0v) is 22.6. The molecule has 2 heterocycles. The van der Waals surface area contributed by atoms with Gasteiger partial charge in [-0.2, -0.15) is 0 Å². The van der Waals surface area contributed by atoms with Gasteiger partial charge in [0.25, 0.3) is 0 Å². The van der Waals surface area contributed by atoms with Gasteiger partial charge in [0.1, 0.15) is 18.0 Å². The number of anilines is 1. The van der Waals surface area contributed by atoms with E-state index >= 15 is 4.39 Å². The van der Waals surface area contributed by atoms with Crippen molar-refractivity contribution in [1.29, 1.82) is 0 Å². The third-order valence-electron chi connectivity index (χ3n) is 7.50. The number of ether oxygens (including phenoxy) is 2. The number of piperazine rings is 1. The van der Waals surface area contributed by atoms with Crippen molar-refractivity contribution < 1.29 is 23.5 Å². The Morgan fingerprint density at radius 1 is 1.10 bits per heavy atom. The Bertz CT molecular complexity index is 1450. The van der Waals surface area contributed by atoms with E-state index in [-0.39, 0.29) is 36.2 Å². The Balaban J connectivity index is 1.59. The fourth-order valence-corrected chi connectivity index (χ4v) is 5.46. The largest absolute Gasteiger partial charge is 0.462 e. The topological polar surface area (TPSA) is 81.1 Å². The van der Waals surface area contributed by atoms with Crippen LogP contribution < -0.4 is 10.3 Å². The number of rotatable bonds is 8. The minimum Gasteiger partial charge on any atom is -0.462 e. The van der Waals surface area contributed by atoms with Crippen molar-refractivity contribution in [2.45, 2.75) is 58.8 Å². The smallest absolute Gasteiger partial charge is 0.343 e. The van der Waals surface area contributed by atoms with Gasteiger partial charge in [0, 0.05) is 56.9 Å². The molecular weight excluding hydrogens is 501 g/mol. The Morgan fingerprint density at radius 3 is 2.49 bits per heavy atom. The quantitative estimate of drug-likeness (QED) is 0.395. The fraction of sp³-hybridized carbons (Fsp3) is 0.433. The van der Waals surface area contributed by atoms with Crippen LogP contribution in [-0.4, -0.2) is 53.7 Å². The summed E-state index contributed by atoms with van der Waals surface area (Å²) >= 11 is 0. The lowest BCUT2D eigenvalue weighted by molar-refractivity contribution is -0.142. The molecule has 2 aliphatic rings. The molecule has 1 unspecified atom stereocenters. The van der Waals surface area contributed by atoms with Crippen LogP contribution in [0.25, 0.3) is 10.9 Å². The molecule has 206 valence electrons. The van der Waals surface area contributed by atoms with Gasteiger partial charge in [-0.1, -0.05) is 30.3 Å². The molecule has 3 aromatic rings. The molecule has 0 bridgehead atoms. The highest BCUT2D eigenvalue weighted by molar-refractivity contribution is 5.96. The summed E-state index contributed by atoms with van der Waals surface area (Å²) in [5, 5.41) is 0.0895. The molecule has 0 spiro atoms. The van der Waals surface area contributed by atoms with E-state index in [1.54, 1.807) is 6.92 Å². The van der Waals surface area contributed by atoms with Crippen LogP contribution in [0.15, 0.2) is 47.4 Å². The first kappa shape index (κ1) is 26.9. The second kappa shape index (κ2) is 11.2. The molecule has 0 N–H and O–H groups in total. The van der Waals surface area contributed by atoms with Gasteiger partial charge in [-0.25, -0.2) is 9.18 Å². The van der Waals surface area contributed by atoms with E-state index in [0.29, 0.717) is 29.9 Å². The number of esters is 2. The Hall–Kier alpha value is -3.72. The summed E-state index contributed by atoms with van der Waals surface area (Å²) in [5.74, 6) is -1.80. The number of hydrogen-bond acceptors (Lipinski definition) is 7. The lowest BCUT2D eigenvalue weighted by Crippen LogP contribution is -2.52. The number of aromatic nitrogens is 1. The third-order valence-corrected chi connectivity index (χ3v) is 7.50. The lowest BCUT2D eigenvalue weighted by atomic mass is 10.0. The van der Waals surface area contributed by atoms with Crippen LogP contribution in [0.2, 0.25) is 0 Å². The summed E-state index contributed by atoms with van der Waals surface area (Å²) in [6, 6.07) is 11.7. The van der Waals surface area contributed by atoms with E-state index in [1.165, 1.54) is 24.8 Å². The number of benzene rings is 2. The van der Waals surface area contributed by atoms with Crippen molar-refractivity contribution in [2.75, 3.05) is 31.1 Å². The average Bonchev–Trinajstić information content (AvgIpc) is 3.75. The summed E-state index contributed by atoms with van der Waals surface area (Å²) in [6.07, 6.45) is 3.27. The van der Waals surface area contributed by atoms with Crippen molar-refractivity contribution >= 4 is 28.5 Å². The maximum Gasteiger partial charge on any atom is 0.343 e. The van der Waals surface area contributed by atoms with Gasteiger partial charge < -0.3 is 18.9 Å². The van der Waals surface area contributed by atoms with Crippen LogP contribution >= 0.6 is 0 Å². The maximum atomic E-state index is 16.0. The van der Waals surface area contributed by atoms with Gasteiger partial charge >= 0.3 is 11.9 Å². The summed E-state index contributed by atoms with van der Waals surface area (Å²) in [6.45, 7) is 7.69. The number of carbonyl (C=O) groups excluding carboxylic acids is 2. The van der Waals surface area contributed by atoms with Gasteiger partial charge in [-0.15, -0.1) is 0 Å². The van der Waals surface area contributed by atoms with Gasteiger partial charge in [-0.05, 0) is 38.3 Å². The predicted molar refractivity (Wildman–Crippen MR) is 146 cm³/mol. The molecule has 2 fully saturated rings. The lowest BCUT2D eigenvalue weighted by Gasteiger charge is -2.42. The Morgan fingerprint density at radius 2 is 1.85 bits per heavy atom. The van der Waals surface area contributed by atoms with E-state index in [9.17, 15) is 14.4 Å². The van der Waals surface area contributed by atoms with E-state index < -0.39 is 23.2 Å². The second-order valence-corrected chi connectivity index (χ2v) is 10.3. The van der Waals surface area contributed by atoms with Crippen molar-refractivity contribution in [1.82, 2.24) is 9.47 Å². The molecule has 8 nitrogen and oxygen atoms in total. The monoisotopic (exact) mass is 535 g/mol. The highest BCUT2D eigenvalue weighted by atomic mass is 19.1. The first-order valence-corrected chi connectivity index (χ1v) is 13.5. The Kier molecular flexibility index (Phi) is 7.70. The van der Waals surface area contributed by atoms with Crippen LogP contribution in [0, 0.1) is 5.82 Å². The number of fused-ring (bicyclic) bond motifs is 1. The molecule has 1 saturated carbocycles. The molecular formula is C30H34FN3O5. The predicted octanol–water partition coefficient (Wildman–Crippen LogP) is 4.43. The maximum absolute atomic E-state index is 16.0. The summed E-state index contributed by atoms with van der Waals surface area (Å²) in [7, 11) is 0. The number of halogens is 1. The number of nitrogens with zero attached hydrogens (tertiary/aromatic N) is 3. The van der Waals surface area contributed by atoms with E-state index in [4.69, 9.17) is 9.47 Å². The fourth-order valence-electron chi connectivity index (χ4n) is 5.46. The normalized spacial score (nSPS) is 17.8. The number of hydrogen-bond donors (Lipinski definition) is 0. The van der Waals surface area contributed by atoms with Crippen LogP contribution in [0.5, 0.6) is 0 Å². The van der Waals surface area contributed by atoms with Crippen molar-refractivity contribution in [3.63, 3.8) is 0 Å². The van der Waals surface area contributed by atoms with Crippen molar-refractivity contribution in [3.05, 3.63) is 75.3 Å². The third kappa shape index (κ3) is 5.54. The Labute approximate surface area is 226 Å². The van der Waals surface area contributed by atoms with Crippen molar-refractivity contribution in [3.8, 4) is 0 Å². The molecule has 1 saturated heterocycles. The number of pyridine rings is 1. The van der Waals surface area contributed by atoms with Crippen LogP contribution in [0.4, 0.5) is 10.1 Å². The molecule has 5 rings (SSSR count). The average molecular weight is 536 g/mol. The summed E-state index contributed by atoms with van der Waals surface area (Å²) in [4.78, 5) is 42.2. The van der Waals surface area contributed by atoms with Gasteiger partial charge in [-0.3, -0.25) is 14.5 Å². The molecule has 1 aliphatic carbocycles. The molecule has 0 radical (unpaired) electrons. The standard InChI is InChI=1S/C30H34FN3O5/c1-4-38-30(37)24-17-34(22-10-11-22)27-23(29(24)36)14-26(31)28(25(27)18-39-20(3)35)33-13-12-32(19(2)15-33)16-21-8-6-5-7-9-21/h5-9,14,17,19,22H,4,10-13,15-16,18H2,1-3H3. The second-order valence-electron chi connectivity index (χ2n) is 10.3. The highest BCUT2D eigenvalue weighted by Crippen LogP contribution is 2.41. The molecule has 1 aliphatic heterocycles. The minimum absolute atomic E-state index is 0.0670. The summed E-state index contributed by atoms with van der Waals surface area (Å²) < 4.78 is 28.4. The van der Waals surface area contributed by atoms with Crippen molar-refractivity contribution in [2.24, 2.45) is 0 Å². The first-order chi connectivity index (χ1) is 18.8. The molecule has 39 heavy (non-hydrogen) atoms. The molecule has 2 aromatic carbocycles. The SMILES string of the molecule is CCOC(=O)c1cn(C2CC2)c2c(COC(C)=O)c(N3CCN(Cc4ccccc4)C(C)C3)c(F)cc2c1=O. The van der Waals surface area contributed by atoms with E-state index in [2.05, 4.69) is 24.0 Å².